The van der Waals surface area contributed by atoms with Gasteiger partial charge in [0.25, 0.3) is 0 Å². The zero-order chi connectivity index (χ0) is 22.3. The average molecular weight is 449 g/mol. The number of fused-ring (bicyclic) bond motifs is 1. The summed E-state index contributed by atoms with van der Waals surface area (Å²) in [6.07, 6.45) is 1.53. The fraction of sp³-hybridized carbons (Fsp3) is 0.120. The van der Waals surface area contributed by atoms with Gasteiger partial charge in [0.1, 0.15) is 23.7 Å². The number of hydrazone groups is 1. The van der Waals surface area contributed by atoms with Crippen LogP contribution in [0.3, 0.4) is 0 Å². The Morgan fingerprint density at radius 1 is 1.06 bits per heavy atom. The van der Waals surface area contributed by atoms with Crippen LogP contribution in [-0.2, 0) is 6.61 Å². The Labute approximate surface area is 190 Å². The second-order valence-corrected chi connectivity index (χ2v) is 7.33. The van der Waals surface area contributed by atoms with Crippen LogP contribution in [-0.4, -0.2) is 18.7 Å². The van der Waals surface area contributed by atoms with Gasteiger partial charge < -0.3 is 13.9 Å². The summed E-state index contributed by atoms with van der Waals surface area (Å²) in [5, 5.41) is 5.52. The fourth-order valence-corrected chi connectivity index (χ4v) is 3.19. The van der Waals surface area contributed by atoms with Crippen LogP contribution in [0.2, 0.25) is 5.02 Å². The molecule has 7 heteroatoms. The molecule has 4 aromatic rings. The zero-order valence-electron chi connectivity index (χ0n) is 17.4. The molecule has 0 atom stereocenters. The van der Waals surface area contributed by atoms with E-state index in [0.29, 0.717) is 29.6 Å². The largest absolute Gasteiger partial charge is 0.494 e. The van der Waals surface area contributed by atoms with Gasteiger partial charge in [-0.1, -0.05) is 35.9 Å². The van der Waals surface area contributed by atoms with Crippen molar-refractivity contribution in [1.29, 1.82) is 0 Å². The third-order valence-electron chi connectivity index (χ3n) is 4.62. The van der Waals surface area contributed by atoms with E-state index in [9.17, 15) is 4.79 Å². The van der Waals surface area contributed by atoms with E-state index in [1.165, 1.54) is 6.21 Å². The van der Waals surface area contributed by atoms with Crippen molar-refractivity contribution in [2.24, 2.45) is 5.10 Å². The normalized spacial score (nSPS) is 11.1. The second kappa shape index (κ2) is 10.0. The molecule has 0 spiro atoms. The highest BCUT2D eigenvalue weighted by Gasteiger charge is 2.12. The van der Waals surface area contributed by atoms with E-state index in [1.54, 1.807) is 18.2 Å². The number of carbonyl (C=O) groups excluding carboxylic acids is 1. The van der Waals surface area contributed by atoms with Crippen LogP contribution in [0.1, 0.15) is 28.6 Å². The first-order valence-corrected chi connectivity index (χ1v) is 10.5. The number of furan rings is 1. The van der Waals surface area contributed by atoms with Crippen LogP contribution in [0, 0.1) is 0 Å². The minimum Gasteiger partial charge on any atom is -0.494 e. The van der Waals surface area contributed by atoms with Crippen LogP contribution in [0.5, 0.6) is 11.5 Å². The number of nitrogens with one attached hydrogen (secondary N) is 1. The molecule has 0 saturated carbocycles. The molecule has 1 N–H and O–H groups in total. The van der Waals surface area contributed by atoms with Crippen molar-refractivity contribution in [3.8, 4) is 11.5 Å². The number of ether oxygens (including phenoxy) is 2. The molecule has 0 unspecified atom stereocenters. The molecule has 0 aliphatic rings. The van der Waals surface area contributed by atoms with E-state index in [4.69, 9.17) is 25.5 Å². The Morgan fingerprint density at radius 2 is 1.88 bits per heavy atom. The van der Waals surface area contributed by atoms with Gasteiger partial charge in [0, 0.05) is 16.0 Å². The quantitative estimate of drug-likeness (QED) is 0.272. The van der Waals surface area contributed by atoms with Crippen molar-refractivity contribution >= 4 is 34.7 Å². The molecule has 162 valence electrons. The molecule has 3 aromatic carbocycles. The van der Waals surface area contributed by atoms with E-state index in [0.717, 1.165) is 22.3 Å². The number of nitrogens with zero attached hydrogens (tertiary/aromatic N) is 1. The predicted octanol–water partition coefficient (Wildman–Crippen LogP) is 5.83. The van der Waals surface area contributed by atoms with E-state index >= 15 is 0 Å². The number of amides is 1. The summed E-state index contributed by atoms with van der Waals surface area (Å²) in [7, 11) is 0. The minimum absolute atomic E-state index is 0.165. The van der Waals surface area contributed by atoms with Crippen molar-refractivity contribution in [2.45, 2.75) is 13.5 Å². The number of carbonyl (C=O) groups is 1. The molecule has 1 amide bonds. The highest BCUT2D eigenvalue weighted by atomic mass is 35.5. The monoisotopic (exact) mass is 448 g/mol. The summed E-state index contributed by atoms with van der Waals surface area (Å²) in [5.74, 6) is 1.08. The summed E-state index contributed by atoms with van der Waals surface area (Å²) in [6, 6.07) is 21.9. The molecular formula is C25H21ClN2O4. The van der Waals surface area contributed by atoms with Gasteiger partial charge in [-0.25, -0.2) is 5.43 Å². The molecule has 0 radical (unpaired) electrons. The molecule has 6 nitrogen and oxygen atoms in total. The smallest absolute Gasteiger partial charge is 0.307 e. The number of para-hydroxylation sites is 1. The van der Waals surface area contributed by atoms with Gasteiger partial charge in [0.2, 0.25) is 0 Å². The van der Waals surface area contributed by atoms with E-state index in [1.807, 2.05) is 61.5 Å². The first-order chi connectivity index (χ1) is 15.6. The Morgan fingerprint density at radius 3 is 2.69 bits per heavy atom. The van der Waals surface area contributed by atoms with Crippen LogP contribution in [0.25, 0.3) is 11.0 Å². The van der Waals surface area contributed by atoms with Crippen molar-refractivity contribution in [3.05, 3.63) is 94.7 Å². The lowest BCUT2D eigenvalue weighted by molar-refractivity contribution is 0.0929. The topological polar surface area (TPSA) is 73.1 Å². The SMILES string of the molecule is CCOc1ccc2oc(C(=O)N/N=C/c3ccccc3OCc3ccc(Cl)cc3)cc2c1. The Hall–Kier alpha value is -3.77. The fourth-order valence-electron chi connectivity index (χ4n) is 3.07. The van der Waals surface area contributed by atoms with Crippen LogP contribution in [0.4, 0.5) is 0 Å². The van der Waals surface area contributed by atoms with Crippen molar-refractivity contribution < 1.29 is 18.7 Å². The third kappa shape index (κ3) is 5.28. The van der Waals surface area contributed by atoms with Crippen molar-refractivity contribution in [3.63, 3.8) is 0 Å². The standard InChI is InChI=1S/C25H21ClN2O4/c1-2-30-21-11-12-23-19(13-21)14-24(32-23)25(29)28-27-15-18-5-3-4-6-22(18)31-16-17-7-9-20(26)10-8-17/h3-15H,2,16H2,1H3,(H,28,29)/b27-15+. The maximum Gasteiger partial charge on any atom is 0.307 e. The van der Waals surface area contributed by atoms with Gasteiger partial charge in [-0.05, 0) is 61.0 Å². The molecule has 0 bridgehead atoms. The lowest BCUT2D eigenvalue weighted by Crippen LogP contribution is -2.16. The van der Waals surface area contributed by atoms with Crippen molar-refractivity contribution in [2.75, 3.05) is 6.61 Å². The Kier molecular flexibility index (Phi) is 6.72. The first kappa shape index (κ1) is 21.5. The van der Waals surface area contributed by atoms with E-state index in [2.05, 4.69) is 10.5 Å². The maximum absolute atomic E-state index is 12.4. The highest BCUT2D eigenvalue weighted by Crippen LogP contribution is 2.24. The van der Waals surface area contributed by atoms with Gasteiger partial charge in [-0.3, -0.25) is 4.79 Å². The summed E-state index contributed by atoms with van der Waals surface area (Å²) < 4.78 is 17.0. The maximum atomic E-state index is 12.4. The molecule has 32 heavy (non-hydrogen) atoms. The molecule has 4 rings (SSSR count). The number of halogens is 1. The van der Waals surface area contributed by atoms with Crippen LogP contribution in [0.15, 0.2) is 82.3 Å². The summed E-state index contributed by atoms with van der Waals surface area (Å²) >= 11 is 5.92. The second-order valence-electron chi connectivity index (χ2n) is 6.90. The number of hydrogen-bond acceptors (Lipinski definition) is 5. The Bertz CT molecular complexity index is 1250. The molecule has 0 aliphatic heterocycles. The lowest BCUT2D eigenvalue weighted by atomic mass is 10.2. The summed E-state index contributed by atoms with van der Waals surface area (Å²) in [4.78, 5) is 12.4. The summed E-state index contributed by atoms with van der Waals surface area (Å²) in [6.45, 7) is 2.87. The number of rotatable bonds is 8. The highest BCUT2D eigenvalue weighted by molar-refractivity contribution is 6.30. The molecular weight excluding hydrogens is 428 g/mol. The van der Waals surface area contributed by atoms with Gasteiger partial charge in [0.15, 0.2) is 5.76 Å². The number of hydrogen-bond donors (Lipinski definition) is 1. The van der Waals surface area contributed by atoms with E-state index < -0.39 is 5.91 Å². The van der Waals surface area contributed by atoms with Gasteiger partial charge in [-0.2, -0.15) is 5.10 Å². The van der Waals surface area contributed by atoms with Gasteiger partial charge in [0.05, 0.1) is 12.8 Å². The Balaban J connectivity index is 1.41. The van der Waals surface area contributed by atoms with Gasteiger partial charge >= 0.3 is 5.91 Å². The third-order valence-corrected chi connectivity index (χ3v) is 4.87. The zero-order valence-corrected chi connectivity index (χ0v) is 18.1. The summed E-state index contributed by atoms with van der Waals surface area (Å²) in [5.41, 5.74) is 4.81. The van der Waals surface area contributed by atoms with Crippen molar-refractivity contribution in [1.82, 2.24) is 5.43 Å². The average Bonchev–Trinajstić information content (AvgIpc) is 3.23. The molecule has 1 heterocycles. The molecule has 1 aromatic heterocycles. The predicted molar refractivity (Wildman–Crippen MR) is 125 cm³/mol. The van der Waals surface area contributed by atoms with Crippen LogP contribution >= 0.6 is 11.6 Å². The van der Waals surface area contributed by atoms with Gasteiger partial charge in [-0.15, -0.1) is 0 Å². The minimum atomic E-state index is -0.449. The lowest BCUT2D eigenvalue weighted by Gasteiger charge is -2.09. The molecule has 0 fully saturated rings. The molecule has 0 aliphatic carbocycles. The number of benzene rings is 3. The van der Waals surface area contributed by atoms with Crippen LogP contribution < -0.4 is 14.9 Å². The van der Waals surface area contributed by atoms with E-state index in [-0.39, 0.29) is 5.76 Å². The molecule has 0 saturated heterocycles. The first-order valence-electron chi connectivity index (χ1n) is 10.1.